The van der Waals surface area contributed by atoms with Gasteiger partial charge in [-0.3, -0.25) is 0 Å². The van der Waals surface area contributed by atoms with E-state index in [9.17, 15) is 0 Å². The van der Waals surface area contributed by atoms with E-state index in [2.05, 4.69) is 19.4 Å². The van der Waals surface area contributed by atoms with Gasteiger partial charge in [-0.1, -0.05) is 6.42 Å². The van der Waals surface area contributed by atoms with Gasteiger partial charge in [-0.25, -0.2) is 9.97 Å². The first-order chi connectivity index (χ1) is 14.6. The number of nitrogens with one attached hydrogen (secondary N) is 3. The lowest BCUT2D eigenvalue weighted by atomic mass is 9.80. The van der Waals surface area contributed by atoms with Gasteiger partial charge in [0.05, 0.1) is 39.2 Å². The molecule has 0 aromatic carbocycles. The van der Waals surface area contributed by atoms with Crippen molar-refractivity contribution in [2.45, 2.75) is 63.5 Å². The van der Waals surface area contributed by atoms with Gasteiger partial charge in [0.1, 0.15) is 35.8 Å². The monoisotopic (exact) mass is 431 g/mol. The van der Waals surface area contributed by atoms with Crippen molar-refractivity contribution in [3.8, 4) is 0 Å². The van der Waals surface area contributed by atoms with Crippen LogP contribution in [0.2, 0.25) is 0 Å². The Morgan fingerprint density at radius 2 is 1.87 bits per heavy atom. The summed E-state index contributed by atoms with van der Waals surface area (Å²) in [4.78, 5) is 16.0. The summed E-state index contributed by atoms with van der Waals surface area (Å²) in [5.74, 6) is 2.10. The van der Waals surface area contributed by atoms with E-state index in [-0.39, 0.29) is 0 Å². The molecule has 5 rings (SSSR count). The van der Waals surface area contributed by atoms with Crippen LogP contribution in [0.3, 0.4) is 0 Å². The van der Waals surface area contributed by atoms with E-state index in [4.69, 9.17) is 14.7 Å². The topological polar surface area (TPSA) is 55.9 Å². The number of anilines is 1. The number of likely N-dealkylation sites (N-methyl/N-ethyl adjacent to an activating group) is 1. The average Bonchev–Trinajstić information content (AvgIpc) is 3.34. The molecular formula is C23H37N5OS+2. The highest BCUT2D eigenvalue weighted by Crippen LogP contribution is 2.39. The van der Waals surface area contributed by atoms with Crippen molar-refractivity contribution < 1.29 is 14.5 Å². The van der Waals surface area contributed by atoms with E-state index in [1.807, 2.05) is 11.3 Å². The number of thiophene rings is 1. The van der Waals surface area contributed by atoms with E-state index >= 15 is 0 Å². The van der Waals surface area contributed by atoms with Crippen molar-refractivity contribution in [1.82, 2.24) is 9.97 Å². The van der Waals surface area contributed by atoms with Crippen molar-refractivity contribution in [3.63, 3.8) is 0 Å². The zero-order chi connectivity index (χ0) is 20.6. The first kappa shape index (κ1) is 20.6. The molecule has 164 valence electrons. The molecule has 0 bridgehead atoms. The average molecular weight is 432 g/mol. The quantitative estimate of drug-likeness (QED) is 0.635. The number of ether oxygens (including phenoxy) is 1. The molecular weight excluding hydrogens is 394 g/mol. The molecule has 3 heterocycles. The zero-order valence-corrected chi connectivity index (χ0v) is 19.4. The first-order valence-corrected chi connectivity index (χ1v) is 12.7. The Morgan fingerprint density at radius 3 is 2.63 bits per heavy atom. The van der Waals surface area contributed by atoms with Crippen molar-refractivity contribution in [2.24, 2.45) is 0 Å². The zero-order valence-electron chi connectivity index (χ0n) is 18.6. The molecule has 1 saturated heterocycles. The summed E-state index contributed by atoms with van der Waals surface area (Å²) in [6, 6.07) is 0. The summed E-state index contributed by atoms with van der Waals surface area (Å²) in [6.07, 6.45) is 10.4. The van der Waals surface area contributed by atoms with Gasteiger partial charge in [-0.15, -0.1) is 11.3 Å². The minimum Gasteiger partial charge on any atom is -0.370 e. The van der Waals surface area contributed by atoms with Crippen molar-refractivity contribution >= 4 is 27.4 Å². The lowest BCUT2D eigenvalue weighted by Gasteiger charge is -2.40. The molecule has 3 aliphatic rings. The molecule has 0 unspecified atom stereocenters. The predicted molar refractivity (Wildman–Crippen MR) is 122 cm³/mol. The van der Waals surface area contributed by atoms with Crippen LogP contribution in [0, 0.1) is 0 Å². The third-order valence-corrected chi connectivity index (χ3v) is 8.87. The largest absolute Gasteiger partial charge is 0.370 e. The second-order valence-corrected chi connectivity index (χ2v) is 10.8. The molecule has 1 aliphatic heterocycles. The molecule has 1 saturated carbocycles. The number of fused-ring (bicyclic) bond motifs is 3. The van der Waals surface area contributed by atoms with Gasteiger partial charge < -0.3 is 19.9 Å². The second kappa shape index (κ2) is 8.69. The summed E-state index contributed by atoms with van der Waals surface area (Å²) in [5.41, 5.74) is 1.85. The molecule has 7 heteroatoms. The van der Waals surface area contributed by atoms with Crippen LogP contribution < -0.4 is 15.1 Å². The molecule has 0 spiro atoms. The molecule has 3 N–H and O–H groups in total. The molecule has 0 amide bonds. The maximum atomic E-state index is 5.54. The van der Waals surface area contributed by atoms with Crippen LogP contribution in [-0.2, 0) is 24.1 Å². The van der Waals surface area contributed by atoms with Gasteiger partial charge in [0, 0.05) is 17.7 Å². The minimum absolute atomic E-state index is 0.324. The fraction of sp³-hybridized carbons (Fsp3) is 0.739. The summed E-state index contributed by atoms with van der Waals surface area (Å²) in [7, 11) is 4.66. The van der Waals surface area contributed by atoms with Crippen LogP contribution in [-0.4, -0.2) is 62.5 Å². The number of quaternary nitrogens is 2. The third kappa shape index (κ3) is 3.97. The first-order valence-electron chi connectivity index (χ1n) is 11.9. The van der Waals surface area contributed by atoms with Crippen LogP contribution in [0.25, 0.3) is 10.2 Å². The smallest absolute Gasteiger partial charge is 0.187 e. The van der Waals surface area contributed by atoms with Gasteiger partial charge >= 0.3 is 0 Å². The summed E-state index contributed by atoms with van der Waals surface area (Å²) in [6.45, 7) is 5.72. The van der Waals surface area contributed by atoms with E-state index < -0.39 is 0 Å². The van der Waals surface area contributed by atoms with E-state index in [1.165, 1.54) is 72.0 Å². The van der Waals surface area contributed by atoms with Gasteiger partial charge in [0.15, 0.2) is 5.82 Å². The van der Waals surface area contributed by atoms with E-state index in [0.29, 0.717) is 5.54 Å². The normalized spacial score (nSPS) is 22.0. The summed E-state index contributed by atoms with van der Waals surface area (Å²) >= 11 is 1.91. The fourth-order valence-electron chi connectivity index (χ4n) is 5.64. The summed E-state index contributed by atoms with van der Waals surface area (Å²) in [5, 5.41) is 5.20. The van der Waals surface area contributed by atoms with Gasteiger partial charge in [-0.2, -0.15) is 0 Å². The lowest BCUT2D eigenvalue weighted by molar-refractivity contribution is -0.922. The van der Waals surface area contributed by atoms with Crippen molar-refractivity contribution in [3.05, 3.63) is 16.3 Å². The Bertz CT molecular complexity index is 883. The molecule has 2 aromatic rings. The number of aromatic nitrogens is 2. The van der Waals surface area contributed by atoms with Crippen LogP contribution in [0.1, 0.15) is 54.8 Å². The van der Waals surface area contributed by atoms with Gasteiger partial charge in [-0.05, 0) is 37.7 Å². The molecule has 2 aromatic heterocycles. The highest BCUT2D eigenvalue weighted by molar-refractivity contribution is 7.19. The second-order valence-electron chi connectivity index (χ2n) is 9.76. The fourth-order valence-corrected chi connectivity index (χ4v) is 6.92. The number of morpholine rings is 1. The number of hydrogen-bond donors (Lipinski definition) is 3. The van der Waals surface area contributed by atoms with E-state index in [1.54, 1.807) is 9.78 Å². The van der Waals surface area contributed by atoms with E-state index in [0.717, 1.165) is 51.0 Å². The maximum absolute atomic E-state index is 5.54. The van der Waals surface area contributed by atoms with Gasteiger partial charge in [0.2, 0.25) is 0 Å². The molecule has 2 fully saturated rings. The number of hydrogen-bond acceptors (Lipinski definition) is 5. The summed E-state index contributed by atoms with van der Waals surface area (Å²) < 4.78 is 5.54. The standard InChI is InChI=1S/C23H35N5OS/c1-27(2)23(9-4-3-5-10-23)16-24-21-20-17-7-6-8-18(17)30-22(20)26-19(25-21)15-28-11-13-29-14-12-28/h3-16H2,1-2H3,(H,24,25,26)/p+2. The number of aryl methyl sites for hydroxylation is 2. The van der Waals surface area contributed by atoms with Crippen molar-refractivity contribution in [2.75, 3.05) is 52.3 Å². The number of nitrogens with zero attached hydrogens (tertiary/aromatic N) is 2. The van der Waals surface area contributed by atoms with Gasteiger partial charge in [0.25, 0.3) is 0 Å². The molecule has 0 atom stereocenters. The van der Waals surface area contributed by atoms with Crippen LogP contribution in [0.5, 0.6) is 0 Å². The minimum atomic E-state index is 0.324. The lowest BCUT2D eigenvalue weighted by Crippen LogP contribution is -3.16. The predicted octanol–water partition coefficient (Wildman–Crippen LogP) is 0.854. The molecule has 30 heavy (non-hydrogen) atoms. The van der Waals surface area contributed by atoms with Crippen LogP contribution in [0.15, 0.2) is 0 Å². The Morgan fingerprint density at radius 1 is 1.07 bits per heavy atom. The van der Waals surface area contributed by atoms with Crippen LogP contribution in [0.4, 0.5) is 5.82 Å². The Labute approximate surface area is 184 Å². The molecule has 6 nitrogen and oxygen atoms in total. The number of rotatable bonds is 6. The third-order valence-electron chi connectivity index (χ3n) is 7.68. The van der Waals surface area contributed by atoms with Crippen LogP contribution >= 0.6 is 11.3 Å². The Kier molecular flexibility index (Phi) is 5.97. The van der Waals surface area contributed by atoms with Crippen molar-refractivity contribution in [1.29, 1.82) is 0 Å². The molecule has 2 aliphatic carbocycles. The maximum Gasteiger partial charge on any atom is 0.187 e. The Balaban J connectivity index is 1.45. The molecule has 0 radical (unpaired) electrons. The highest BCUT2D eigenvalue weighted by atomic mass is 32.1. The highest BCUT2D eigenvalue weighted by Gasteiger charge is 2.38. The Hall–Kier alpha value is -1.28. The SMILES string of the molecule is C[NH+](C)C1(CNc2nc(C[NH+]3CCOCC3)nc3sc4c(c23)CCC4)CCCCC1.